The Labute approximate surface area is 74.8 Å². The quantitative estimate of drug-likeness (QED) is 0.704. The van der Waals surface area contributed by atoms with Crippen molar-refractivity contribution in [2.45, 2.75) is 32.9 Å². The molecule has 0 aliphatic heterocycles. The van der Waals surface area contributed by atoms with E-state index in [9.17, 15) is 0 Å². The minimum Gasteiger partial charge on any atom is -0.308 e. The van der Waals surface area contributed by atoms with Crippen LogP contribution < -0.4 is 5.32 Å². The summed E-state index contributed by atoms with van der Waals surface area (Å²) in [5, 5.41) is 3.42. The Kier molecular flexibility index (Phi) is 2.88. The van der Waals surface area contributed by atoms with Gasteiger partial charge in [-0.05, 0) is 32.4 Å². The standard InChI is InChI=1S/C11H16N/c1-11(2,3)12-9-10-7-5-4-6-8-10/h5-8,12H,9H2,1-3H3. The zero-order chi connectivity index (χ0) is 9.03. The zero-order valence-electron chi connectivity index (χ0n) is 8.02. The van der Waals surface area contributed by atoms with Crippen molar-refractivity contribution in [2.24, 2.45) is 0 Å². The van der Waals surface area contributed by atoms with E-state index < -0.39 is 0 Å². The van der Waals surface area contributed by atoms with E-state index in [0.29, 0.717) is 0 Å². The van der Waals surface area contributed by atoms with E-state index >= 15 is 0 Å². The Morgan fingerprint density at radius 1 is 1.25 bits per heavy atom. The van der Waals surface area contributed by atoms with Crippen molar-refractivity contribution in [3.05, 3.63) is 35.9 Å². The maximum Gasteiger partial charge on any atom is 0.0210 e. The van der Waals surface area contributed by atoms with E-state index in [1.54, 1.807) is 0 Å². The average molecular weight is 162 g/mol. The largest absolute Gasteiger partial charge is 0.308 e. The second kappa shape index (κ2) is 3.72. The summed E-state index contributed by atoms with van der Waals surface area (Å²) in [5.74, 6) is 0. The summed E-state index contributed by atoms with van der Waals surface area (Å²) in [6, 6.07) is 11.1. The van der Waals surface area contributed by atoms with Crippen LogP contribution in [-0.4, -0.2) is 5.54 Å². The highest BCUT2D eigenvalue weighted by molar-refractivity contribution is 5.13. The van der Waals surface area contributed by atoms with Crippen molar-refractivity contribution in [2.75, 3.05) is 0 Å². The van der Waals surface area contributed by atoms with E-state index in [-0.39, 0.29) is 5.54 Å². The molecule has 0 heterocycles. The van der Waals surface area contributed by atoms with E-state index in [4.69, 9.17) is 0 Å². The fourth-order valence-corrected chi connectivity index (χ4v) is 0.906. The minimum atomic E-state index is 0.194. The van der Waals surface area contributed by atoms with Crippen LogP contribution in [0.2, 0.25) is 0 Å². The summed E-state index contributed by atoms with van der Waals surface area (Å²) in [6.07, 6.45) is 0. The summed E-state index contributed by atoms with van der Waals surface area (Å²) in [6.45, 7) is 7.43. The molecule has 0 spiro atoms. The Balaban J connectivity index is 2.44. The molecule has 1 radical (unpaired) electrons. The molecule has 0 fully saturated rings. The molecule has 0 aromatic heterocycles. The third-order valence-corrected chi connectivity index (χ3v) is 1.61. The molecule has 1 heteroatoms. The first-order valence-electron chi connectivity index (χ1n) is 4.28. The van der Waals surface area contributed by atoms with Crippen LogP contribution in [0.1, 0.15) is 26.3 Å². The lowest BCUT2D eigenvalue weighted by molar-refractivity contribution is 0.424. The van der Waals surface area contributed by atoms with Crippen molar-refractivity contribution < 1.29 is 0 Å². The van der Waals surface area contributed by atoms with E-state index in [1.165, 1.54) is 5.56 Å². The first kappa shape index (κ1) is 9.27. The van der Waals surface area contributed by atoms with Crippen molar-refractivity contribution in [3.8, 4) is 0 Å². The first-order chi connectivity index (χ1) is 5.58. The van der Waals surface area contributed by atoms with Gasteiger partial charge in [-0.1, -0.05) is 24.3 Å². The number of benzene rings is 1. The topological polar surface area (TPSA) is 12.0 Å². The predicted octanol–water partition coefficient (Wildman–Crippen LogP) is 2.37. The second-order valence-electron chi connectivity index (χ2n) is 4.01. The van der Waals surface area contributed by atoms with Gasteiger partial charge in [-0.2, -0.15) is 0 Å². The van der Waals surface area contributed by atoms with Crippen LogP contribution in [0, 0.1) is 6.07 Å². The highest BCUT2D eigenvalue weighted by Gasteiger charge is 2.07. The number of nitrogens with one attached hydrogen (secondary N) is 1. The third-order valence-electron chi connectivity index (χ3n) is 1.61. The van der Waals surface area contributed by atoms with Crippen LogP contribution in [0.15, 0.2) is 24.3 Å². The fraction of sp³-hybridized carbons (Fsp3) is 0.455. The zero-order valence-corrected chi connectivity index (χ0v) is 8.02. The van der Waals surface area contributed by atoms with Crippen molar-refractivity contribution in [1.82, 2.24) is 5.32 Å². The molecule has 65 valence electrons. The molecule has 12 heavy (non-hydrogen) atoms. The molecule has 0 saturated carbocycles. The van der Waals surface area contributed by atoms with Gasteiger partial charge in [-0.3, -0.25) is 0 Å². The maximum absolute atomic E-state index is 3.42. The van der Waals surface area contributed by atoms with Gasteiger partial charge in [-0.25, -0.2) is 0 Å². The van der Waals surface area contributed by atoms with Crippen molar-refractivity contribution in [3.63, 3.8) is 0 Å². The molecule has 1 rings (SSSR count). The lowest BCUT2D eigenvalue weighted by Gasteiger charge is -2.20. The average Bonchev–Trinajstić information content (AvgIpc) is 2.02. The van der Waals surface area contributed by atoms with Gasteiger partial charge in [0.05, 0.1) is 0 Å². The molecule has 0 aliphatic carbocycles. The van der Waals surface area contributed by atoms with E-state index in [2.05, 4.69) is 44.3 Å². The van der Waals surface area contributed by atoms with Gasteiger partial charge < -0.3 is 5.32 Å². The highest BCUT2D eigenvalue weighted by atomic mass is 14.9. The van der Waals surface area contributed by atoms with Crippen LogP contribution in [0.5, 0.6) is 0 Å². The molecule has 0 atom stereocenters. The maximum atomic E-state index is 3.42. The van der Waals surface area contributed by atoms with Crippen LogP contribution in [0.25, 0.3) is 0 Å². The molecule has 0 bridgehead atoms. The smallest absolute Gasteiger partial charge is 0.0210 e. The molecule has 1 aromatic rings. The minimum absolute atomic E-state index is 0.194. The molecular weight excluding hydrogens is 146 g/mol. The van der Waals surface area contributed by atoms with Gasteiger partial charge in [0.2, 0.25) is 0 Å². The Morgan fingerprint density at radius 3 is 2.33 bits per heavy atom. The fourth-order valence-electron chi connectivity index (χ4n) is 0.906. The number of rotatable bonds is 2. The van der Waals surface area contributed by atoms with E-state index in [0.717, 1.165) is 6.54 Å². The molecule has 1 aromatic carbocycles. The van der Waals surface area contributed by atoms with Gasteiger partial charge in [0.15, 0.2) is 0 Å². The van der Waals surface area contributed by atoms with Crippen LogP contribution in [0.3, 0.4) is 0 Å². The summed E-state index contributed by atoms with van der Waals surface area (Å²) >= 11 is 0. The van der Waals surface area contributed by atoms with Crippen LogP contribution in [0.4, 0.5) is 0 Å². The number of hydrogen-bond acceptors (Lipinski definition) is 1. The van der Waals surface area contributed by atoms with Crippen molar-refractivity contribution in [1.29, 1.82) is 0 Å². The first-order valence-corrected chi connectivity index (χ1v) is 4.28. The number of hydrogen-bond donors (Lipinski definition) is 1. The van der Waals surface area contributed by atoms with Gasteiger partial charge in [-0.15, -0.1) is 0 Å². The molecular formula is C11H16N. The SMILES string of the molecule is CC(C)(C)NCc1cc[c]cc1. The monoisotopic (exact) mass is 162 g/mol. The molecule has 0 saturated heterocycles. The summed E-state index contributed by atoms with van der Waals surface area (Å²) in [5.41, 5.74) is 1.50. The van der Waals surface area contributed by atoms with Gasteiger partial charge in [0.25, 0.3) is 0 Å². The van der Waals surface area contributed by atoms with Gasteiger partial charge in [0.1, 0.15) is 0 Å². The Morgan fingerprint density at radius 2 is 1.83 bits per heavy atom. The lowest BCUT2D eigenvalue weighted by Crippen LogP contribution is -2.34. The molecule has 0 aliphatic rings. The van der Waals surface area contributed by atoms with E-state index in [1.807, 2.05) is 12.1 Å². The molecule has 1 nitrogen and oxygen atoms in total. The van der Waals surface area contributed by atoms with Crippen LogP contribution >= 0.6 is 0 Å². The van der Waals surface area contributed by atoms with Crippen molar-refractivity contribution >= 4 is 0 Å². The van der Waals surface area contributed by atoms with Gasteiger partial charge in [0, 0.05) is 12.1 Å². The van der Waals surface area contributed by atoms with Crippen LogP contribution in [-0.2, 0) is 6.54 Å². The predicted molar refractivity (Wildman–Crippen MR) is 51.9 cm³/mol. The van der Waals surface area contributed by atoms with Gasteiger partial charge >= 0.3 is 0 Å². The summed E-state index contributed by atoms with van der Waals surface area (Å²) in [7, 11) is 0. The molecule has 0 unspecified atom stereocenters. The molecule has 0 amide bonds. The lowest BCUT2D eigenvalue weighted by atomic mass is 10.1. The summed E-state index contributed by atoms with van der Waals surface area (Å²) in [4.78, 5) is 0. The molecule has 1 N–H and O–H groups in total. The third kappa shape index (κ3) is 3.54. The normalized spacial score (nSPS) is 11.6. The second-order valence-corrected chi connectivity index (χ2v) is 4.01. The Bertz CT molecular complexity index is 221. The summed E-state index contributed by atoms with van der Waals surface area (Å²) < 4.78 is 0. The highest BCUT2D eigenvalue weighted by Crippen LogP contribution is 2.03. The Hall–Kier alpha value is -0.820.